The highest BCUT2D eigenvalue weighted by atomic mass is 32.2. The molecule has 0 unspecified atom stereocenters. The van der Waals surface area contributed by atoms with E-state index in [0.717, 1.165) is 21.8 Å². The third-order valence-corrected chi connectivity index (χ3v) is 4.47. The Hall–Kier alpha value is -2.60. The highest BCUT2D eigenvalue weighted by molar-refractivity contribution is 7.98. The molecule has 24 heavy (non-hydrogen) atoms. The van der Waals surface area contributed by atoms with E-state index in [1.807, 2.05) is 43.3 Å². The number of hydrogen-bond acceptors (Lipinski definition) is 4. The van der Waals surface area contributed by atoms with Gasteiger partial charge in [0, 0.05) is 35.5 Å². The monoisotopic (exact) mass is 339 g/mol. The second-order valence-corrected chi connectivity index (χ2v) is 6.56. The summed E-state index contributed by atoms with van der Waals surface area (Å²) in [6.07, 6.45) is 1.79. The third kappa shape index (κ3) is 3.83. The average molecular weight is 339 g/mol. The zero-order valence-corrected chi connectivity index (χ0v) is 14.3. The van der Waals surface area contributed by atoms with E-state index < -0.39 is 0 Å². The Balaban J connectivity index is 1.74. The number of rotatable bonds is 4. The molecule has 3 aromatic rings. The van der Waals surface area contributed by atoms with Crippen LogP contribution in [-0.2, 0) is 10.5 Å². The number of fused-ring (bicyclic) bond motifs is 1. The maximum absolute atomic E-state index is 12.2. The first-order valence-corrected chi connectivity index (χ1v) is 8.49. The molecule has 6 heteroatoms. The number of pyridine rings is 1. The van der Waals surface area contributed by atoms with E-state index in [9.17, 15) is 9.59 Å². The molecule has 1 N–H and O–H groups in total. The molecule has 5 nitrogen and oxygen atoms in total. The van der Waals surface area contributed by atoms with Crippen molar-refractivity contribution in [3.05, 3.63) is 70.3 Å². The number of nitrogens with one attached hydrogen (secondary N) is 1. The number of amides is 1. The molecule has 0 aliphatic heterocycles. The van der Waals surface area contributed by atoms with Crippen molar-refractivity contribution in [2.75, 3.05) is 5.32 Å². The van der Waals surface area contributed by atoms with E-state index >= 15 is 0 Å². The van der Waals surface area contributed by atoms with Gasteiger partial charge in [-0.2, -0.15) is 0 Å². The van der Waals surface area contributed by atoms with Crippen LogP contribution in [0, 0.1) is 6.92 Å². The lowest BCUT2D eigenvalue weighted by Gasteiger charge is -2.06. The van der Waals surface area contributed by atoms with Crippen LogP contribution in [0.5, 0.6) is 0 Å². The first kappa shape index (κ1) is 16.3. The van der Waals surface area contributed by atoms with Gasteiger partial charge in [0.25, 0.3) is 5.56 Å². The summed E-state index contributed by atoms with van der Waals surface area (Å²) in [5.74, 6) is 0.519. The van der Waals surface area contributed by atoms with Crippen LogP contribution in [-0.4, -0.2) is 15.3 Å². The van der Waals surface area contributed by atoms with Gasteiger partial charge in [-0.05, 0) is 42.8 Å². The van der Waals surface area contributed by atoms with Crippen LogP contribution in [0.15, 0.2) is 58.4 Å². The van der Waals surface area contributed by atoms with Gasteiger partial charge in [-0.1, -0.05) is 6.07 Å². The minimum Gasteiger partial charge on any atom is -0.326 e. The Kier molecular flexibility index (Phi) is 4.66. The van der Waals surface area contributed by atoms with E-state index in [1.54, 1.807) is 28.4 Å². The standard InChI is InChI=1S/C18H17N3O2S/c1-12-3-8-17-20-15(9-18(23)21(17)10-12)11-24-16-6-4-14(5-7-16)19-13(2)22/h3-10H,11H2,1-2H3,(H,19,22). The fourth-order valence-electron chi connectivity index (χ4n) is 2.33. The molecule has 1 aromatic carbocycles. The van der Waals surface area contributed by atoms with Crippen molar-refractivity contribution in [3.8, 4) is 0 Å². The topological polar surface area (TPSA) is 63.5 Å². The molecule has 0 saturated heterocycles. The van der Waals surface area contributed by atoms with Crippen molar-refractivity contribution in [1.29, 1.82) is 0 Å². The largest absolute Gasteiger partial charge is 0.326 e. The molecule has 1 amide bonds. The molecule has 0 aliphatic rings. The lowest BCUT2D eigenvalue weighted by molar-refractivity contribution is -0.114. The van der Waals surface area contributed by atoms with Crippen molar-refractivity contribution in [3.63, 3.8) is 0 Å². The predicted octanol–water partition coefficient (Wildman–Crippen LogP) is 3.25. The number of nitrogens with zero attached hydrogens (tertiary/aromatic N) is 2. The van der Waals surface area contributed by atoms with Crippen LogP contribution in [0.25, 0.3) is 5.65 Å². The quantitative estimate of drug-likeness (QED) is 0.741. The van der Waals surface area contributed by atoms with Crippen LogP contribution in [0.4, 0.5) is 5.69 Å². The number of benzene rings is 1. The molecular weight excluding hydrogens is 322 g/mol. The number of anilines is 1. The van der Waals surface area contributed by atoms with E-state index in [2.05, 4.69) is 10.3 Å². The molecule has 0 radical (unpaired) electrons. The van der Waals surface area contributed by atoms with Crippen molar-refractivity contribution in [2.45, 2.75) is 24.5 Å². The second kappa shape index (κ2) is 6.88. The average Bonchev–Trinajstić information content (AvgIpc) is 2.54. The minimum atomic E-state index is -0.0912. The summed E-state index contributed by atoms with van der Waals surface area (Å²) >= 11 is 1.60. The molecular formula is C18H17N3O2S. The fraction of sp³-hybridized carbons (Fsp3) is 0.167. The van der Waals surface area contributed by atoms with Gasteiger partial charge in [0.15, 0.2) is 0 Å². The second-order valence-electron chi connectivity index (χ2n) is 5.51. The van der Waals surface area contributed by atoms with E-state index in [1.165, 1.54) is 6.92 Å². The molecule has 3 rings (SSSR count). The van der Waals surface area contributed by atoms with Crippen LogP contribution >= 0.6 is 11.8 Å². The van der Waals surface area contributed by atoms with Crippen molar-refractivity contribution < 1.29 is 4.79 Å². The molecule has 2 heterocycles. The maximum Gasteiger partial charge on any atom is 0.258 e. The van der Waals surface area contributed by atoms with Crippen molar-refractivity contribution in [1.82, 2.24) is 9.38 Å². The Morgan fingerprint density at radius 2 is 1.96 bits per heavy atom. The van der Waals surface area contributed by atoms with Gasteiger partial charge in [-0.25, -0.2) is 4.98 Å². The molecule has 0 fully saturated rings. The molecule has 0 spiro atoms. The molecule has 122 valence electrons. The Morgan fingerprint density at radius 3 is 2.67 bits per heavy atom. The van der Waals surface area contributed by atoms with Crippen LogP contribution in [0.2, 0.25) is 0 Å². The molecule has 0 bridgehead atoms. The lowest BCUT2D eigenvalue weighted by atomic mass is 10.3. The fourth-order valence-corrected chi connectivity index (χ4v) is 3.12. The highest BCUT2D eigenvalue weighted by Gasteiger charge is 2.04. The van der Waals surface area contributed by atoms with Gasteiger partial charge in [0.2, 0.25) is 5.91 Å². The lowest BCUT2D eigenvalue weighted by Crippen LogP contribution is -2.15. The van der Waals surface area contributed by atoms with E-state index in [4.69, 9.17) is 0 Å². The summed E-state index contributed by atoms with van der Waals surface area (Å²) in [6, 6.07) is 13.0. The number of carbonyl (C=O) groups excluding carboxylic acids is 1. The van der Waals surface area contributed by atoms with Crippen LogP contribution < -0.4 is 10.9 Å². The van der Waals surface area contributed by atoms with Gasteiger partial charge in [0.1, 0.15) is 5.65 Å². The number of aryl methyl sites for hydroxylation is 1. The molecule has 0 atom stereocenters. The van der Waals surface area contributed by atoms with Gasteiger partial charge in [-0.3, -0.25) is 14.0 Å². The summed E-state index contributed by atoms with van der Waals surface area (Å²) < 4.78 is 1.56. The molecule has 2 aromatic heterocycles. The summed E-state index contributed by atoms with van der Waals surface area (Å²) in [4.78, 5) is 28.8. The number of hydrogen-bond donors (Lipinski definition) is 1. The first-order chi connectivity index (χ1) is 11.5. The van der Waals surface area contributed by atoms with Crippen LogP contribution in [0.1, 0.15) is 18.2 Å². The van der Waals surface area contributed by atoms with Gasteiger partial charge >= 0.3 is 0 Å². The summed E-state index contributed by atoms with van der Waals surface area (Å²) in [5, 5.41) is 2.73. The maximum atomic E-state index is 12.2. The number of carbonyl (C=O) groups is 1. The molecule has 0 saturated carbocycles. The van der Waals surface area contributed by atoms with E-state index in [-0.39, 0.29) is 11.5 Å². The van der Waals surface area contributed by atoms with Crippen molar-refractivity contribution >= 4 is 29.0 Å². The predicted molar refractivity (Wildman–Crippen MR) is 96.5 cm³/mol. The number of aromatic nitrogens is 2. The van der Waals surface area contributed by atoms with Crippen molar-refractivity contribution in [2.24, 2.45) is 0 Å². The SMILES string of the molecule is CC(=O)Nc1ccc(SCc2cc(=O)n3cc(C)ccc3n2)cc1. The molecule has 0 aliphatic carbocycles. The summed E-state index contributed by atoms with van der Waals surface area (Å²) in [5.41, 5.74) is 3.13. The smallest absolute Gasteiger partial charge is 0.258 e. The highest BCUT2D eigenvalue weighted by Crippen LogP contribution is 2.23. The Morgan fingerprint density at radius 1 is 1.21 bits per heavy atom. The van der Waals surface area contributed by atoms with Gasteiger partial charge in [0.05, 0.1) is 5.69 Å². The summed E-state index contributed by atoms with van der Waals surface area (Å²) in [7, 11) is 0. The Bertz CT molecular complexity index is 949. The normalized spacial score (nSPS) is 10.8. The van der Waals surface area contributed by atoms with Crippen LogP contribution in [0.3, 0.4) is 0 Å². The summed E-state index contributed by atoms with van der Waals surface area (Å²) in [6.45, 7) is 3.42. The van der Waals surface area contributed by atoms with E-state index in [0.29, 0.717) is 11.4 Å². The zero-order chi connectivity index (χ0) is 17.1. The zero-order valence-electron chi connectivity index (χ0n) is 13.4. The van der Waals surface area contributed by atoms with Gasteiger partial charge in [-0.15, -0.1) is 11.8 Å². The third-order valence-electron chi connectivity index (χ3n) is 3.42. The first-order valence-electron chi connectivity index (χ1n) is 7.51. The van der Waals surface area contributed by atoms with Gasteiger partial charge < -0.3 is 5.32 Å². The Labute approximate surface area is 143 Å². The number of thioether (sulfide) groups is 1. The minimum absolute atomic E-state index is 0.0692.